The van der Waals surface area contributed by atoms with Crippen molar-refractivity contribution in [2.45, 2.75) is 38.6 Å². The molecule has 0 unspecified atom stereocenters. The molecule has 1 aromatic rings. The Kier molecular flexibility index (Phi) is 4.77. The summed E-state index contributed by atoms with van der Waals surface area (Å²) in [6, 6.07) is 6.98. The van der Waals surface area contributed by atoms with E-state index in [1.807, 2.05) is 6.07 Å². The standard InChI is InChI=1S/C18H21ClN2O2/c1-11(15-7-12-2-4-14(15)6-12)21-18(22)10-23-17-5-3-13(9-20)8-16(17)19/h3,5,8,11-12,14-15H,2,4,6-7,10H2,1H3,(H,21,22)/t11-,12+,14+,15+/m1/s1. The summed E-state index contributed by atoms with van der Waals surface area (Å²) >= 11 is 6.04. The fraction of sp³-hybridized carbons (Fsp3) is 0.556. The second kappa shape index (κ2) is 6.80. The molecule has 2 aliphatic carbocycles. The average Bonchev–Trinajstić information content (AvgIpc) is 3.16. The molecule has 1 amide bonds. The molecule has 2 saturated carbocycles. The fourth-order valence-corrected chi connectivity index (χ4v) is 4.37. The van der Waals surface area contributed by atoms with Crippen LogP contribution in [0.5, 0.6) is 5.75 Å². The van der Waals surface area contributed by atoms with Gasteiger partial charge in [-0.05, 0) is 62.1 Å². The van der Waals surface area contributed by atoms with Crippen LogP contribution in [-0.2, 0) is 4.79 Å². The molecule has 0 radical (unpaired) electrons. The van der Waals surface area contributed by atoms with Crippen LogP contribution < -0.4 is 10.1 Å². The minimum atomic E-state index is -0.124. The molecular formula is C18H21ClN2O2. The first-order valence-corrected chi connectivity index (χ1v) is 8.56. The molecule has 2 aliphatic rings. The van der Waals surface area contributed by atoms with E-state index in [0.29, 0.717) is 22.3 Å². The number of amides is 1. The van der Waals surface area contributed by atoms with E-state index in [9.17, 15) is 4.79 Å². The maximum atomic E-state index is 12.1. The average molecular weight is 333 g/mol. The van der Waals surface area contributed by atoms with Gasteiger partial charge in [0.05, 0.1) is 16.7 Å². The van der Waals surface area contributed by atoms with Gasteiger partial charge in [0.2, 0.25) is 0 Å². The van der Waals surface area contributed by atoms with Crippen LogP contribution in [0.25, 0.3) is 0 Å². The number of hydrogen-bond donors (Lipinski definition) is 1. The molecule has 0 spiro atoms. The number of nitrogens with one attached hydrogen (secondary N) is 1. The zero-order valence-corrected chi connectivity index (χ0v) is 14.0. The molecule has 3 rings (SSSR count). The number of fused-ring (bicyclic) bond motifs is 2. The van der Waals surface area contributed by atoms with Crippen molar-refractivity contribution in [1.29, 1.82) is 5.26 Å². The zero-order valence-electron chi connectivity index (χ0n) is 13.2. The third kappa shape index (κ3) is 3.61. The smallest absolute Gasteiger partial charge is 0.258 e. The Morgan fingerprint density at radius 1 is 1.48 bits per heavy atom. The first-order chi connectivity index (χ1) is 11.1. The van der Waals surface area contributed by atoms with Gasteiger partial charge in [0, 0.05) is 6.04 Å². The van der Waals surface area contributed by atoms with Crippen LogP contribution in [0.3, 0.4) is 0 Å². The van der Waals surface area contributed by atoms with Crippen molar-refractivity contribution in [3.05, 3.63) is 28.8 Å². The molecule has 0 heterocycles. The molecule has 4 nitrogen and oxygen atoms in total. The van der Waals surface area contributed by atoms with Gasteiger partial charge in [-0.1, -0.05) is 18.0 Å². The molecule has 0 aromatic heterocycles. The van der Waals surface area contributed by atoms with Crippen molar-refractivity contribution in [2.75, 3.05) is 6.61 Å². The van der Waals surface area contributed by atoms with Crippen molar-refractivity contribution < 1.29 is 9.53 Å². The molecule has 0 aliphatic heterocycles. The monoisotopic (exact) mass is 332 g/mol. The van der Waals surface area contributed by atoms with E-state index < -0.39 is 0 Å². The summed E-state index contributed by atoms with van der Waals surface area (Å²) in [4.78, 5) is 12.1. The van der Waals surface area contributed by atoms with E-state index in [1.54, 1.807) is 12.1 Å². The van der Waals surface area contributed by atoms with Crippen LogP contribution in [0.4, 0.5) is 0 Å². The van der Waals surface area contributed by atoms with E-state index in [4.69, 9.17) is 21.6 Å². The van der Waals surface area contributed by atoms with E-state index in [1.165, 1.54) is 31.7 Å². The summed E-state index contributed by atoms with van der Waals surface area (Å²) in [5.74, 6) is 2.56. The second-order valence-electron chi connectivity index (χ2n) is 6.74. The zero-order chi connectivity index (χ0) is 16.4. The molecule has 1 N–H and O–H groups in total. The molecule has 122 valence electrons. The minimum Gasteiger partial charge on any atom is -0.482 e. The topological polar surface area (TPSA) is 62.1 Å². The molecular weight excluding hydrogens is 312 g/mol. The Bertz CT molecular complexity index is 640. The molecule has 23 heavy (non-hydrogen) atoms. The maximum Gasteiger partial charge on any atom is 0.258 e. The number of halogens is 1. The van der Waals surface area contributed by atoms with Gasteiger partial charge in [0.25, 0.3) is 5.91 Å². The highest BCUT2D eigenvalue weighted by Crippen LogP contribution is 2.49. The van der Waals surface area contributed by atoms with Gasteiger partial charge in [0.15, 0.2) is 6.61 Å². The Morgan fingerprint density at radius 3 is 2.91 bits per heavy atom. The first kappa shape index (κ1) is 16.1. The lowest BCUT2D eigenvalue weighted by Gasteiger charge is -2.28. The number of rotatable bonds is 5. The summed E-state index contributed by atoms with van der Waals surface area (Å²) in [7, 11) is 0. The SMILES string of the molecule is C[C@@H](NC(=O)COc1ccc(C#N)cc1Cl)[C@@H]1C[C@H]2CC[C@H]1C2. The summed E-state index contributed by atoms with van der Waals surface area (Å²) in [6.45, 7) is 2.04. The van der Waals surface area contributed by atoms with Gasteiger partial charge >= 0.3 is 0 Å². The highest BCUT2D eigenvalue weighted by molar-refractivity contribution is 6.32. The second-order valence-corrected chi connectivity index (χ2v) is 7.15. The quantitative estimate of drug-likeness (QED) is 0.897. The molecule has 2 fully saturated rings. The number of ether oxygens (including phenoxy) is 1. The molecule has 5 heteroatoms. The summed E-state index contributed by atoms with van der Waals surface area (Å²) in [5.41, 5.74) is 0.469. The highest BCUT2D eigenvalue weighted by Gasteiger charge is 2.42. The predicted molar refractivity (Wildman–Crippen MR) is 88.2 cm³/mol. The van der Waals surface area contributed by atoms with Gasteiger partial charge in [-0.2, -0.15) is 5.26 Å². The Morgan fingerprint density at radius 2 is 2.30 bits per heavy atom. The normalized spacial score (nSPS) is 26.6. The van der Waals surface area contributed by atoms with Gasteiger partial charge < -0.3 is 10.1 Å². The predicted octanol–water partition coefficient (Wildman–Crippen LogP) is 3.53. The van der Waals surface area contributed by atoms with E-state index in [-0.39, 0.29) is 18.6 Å². The third-order valence-corrected chi connectivity index (χ3v) is 5.54. The van der Waals surface area contributed by atoms with E-state index in [0.717, 1.165) is 11.8 Å². The van der Waals surface area contributed by atoms with Crippen LogP contribution in [0.15, 0.2) is 18.2 Å². The Labute approximate surface area is 141 Å². The Hall–Kier alpha value is -1.73. The maximum absolute atomic E-state index is 12.1. The number of nitrogens with zero attached hydrogens (tertiary/aromatic N) is 1. The summed E-state index contributed by atoms with van der Waals surface area (Å²) in [5, 5.41) is 12.2. The molecule has 2 bridgehead atoms. The number of hydrogen-bond acceptors (Lipinski definition) is 3. The van der Waals surface area contributed by atoms with Crippen LogP contribution in [-0.4, -0.2) is 18.6 Å². The van der Waals surface area contributed by atoms with Crippen LogP contribution >= 0.6 is 11.6 Å². The van der Waals surface area contributed by atoms with Crippen molar-refractivity contribution >= 4 is 17.5 Å². The highest BCUT2D eigenvalue weighted by atomic mass is 35.5. The lowest BCUT2D eigenvalue weighted by atomic mass is 9.84. The fourth-order valence-electron chi connectivity index (χ4n) is 4.14. The van der Waals surface area contributed by atoms with E-state index >= 15 is 0 Å². The van der Waals surface area contributed by atoms with Gasteiger partial charge in [-0.15, -0.1) is 0 Å². The first-order valence-electron chi connectivity index (χ1n) is 8.18. The van der Waals surface area contributed by atoms with Crippen molar-refractivity contribution in [3.8, 4) is 11.8 Å². The molecule has 1 aromatic carbocycles. The van der Waals surface area contributed by atoms with Crippen LogP contribution in [0.2, 0.25) is 5.02 Å². The van der Waals surface area contributed by atoms with Crippen LogP contribution in [0, 0.1) is 29.1 Å². The minimum absolute atomic E-state index is 0.0588. The number of nitriles is 1. The summed E-state index contributed by atoms with van der Waals surface area (Å²) in [6.07, 6.45) is 5.26. The van der Waals surface area contributed by atoms with Gasteiger partial charge in [0.1, 0.15) is 5.75 Å². The number of benzene rings is 1. The molecule has 0 saturated heterocycles. The van der Waals surface area contributed by atoms with Crippen molar-refractivity contribution in [3.63, 3.8) is 0 Å². The lowest BCUT2D eigenvalue weighted by molar-refractivity contribution is -0.124. The number of carbonyl (C=O) groups excluding carboxylic acids is 1. The third-order valence-electron chi connectivity index (χ3n) is 5.24. The van der Waals surface area contributed by atoms with Gasteiger partial charge in [-0.3, -0.25) is 4.79 Å². The Balaban J connectivity index is 1.49. The lowest BCUT2D eigenvalue weighted by Crippen LogP contribution is -2.42. The molecule has 4 atom stereocenters. The van der Waals surface area contributed by atoms with Gasteiger partial charge in [-0.25, -0.2) is 0 Å². The largest absolute Gasteiger partial charge is 0.482 e. The van der Waals surface area contributed by atoms with Crippen LogP contribution in [0.1, 0.15) is 38.2 Å². The number of carbonyl (C=O) groups is 1. The van der Waals surface area contributed by atoms with E-state index in [2.05, 4.69) is 12.2 Å². The summed E-state index contributed by atoms with van der Waals surface area (Å²) < 4.78 is 5.47. The van der Waals surface area contributed by atoms with Crippen molar-refractivity contribution in [1.82, 2.24) is 5.32 Å². The van der Waals surface area contributed by atoms with Crippen molar-refractivity contribution in [2.24, 2.45) is 17.8 Å².